The van der Waals surface area contributed by atoms with Crippen molar-refractivity contribution in [2.45, 2.75) is 19.8 Å². The van der Waals surface area contributed by atoms with E-state index >= 15 is 0 Å². The number of nitrogens with zero attached hydrogens (tertiary/aromatic N) is 1. The average Bonchev–Trinajstić information content (AvgIpc) is 2.52. The van der Waals surface area contributed by atoms with Crippen molar-refractivity contribution in [3.63, 3.8) is 0 Å². The van der Waals surface area contributed by atoms with E-state index in [1.165, 1.54) is 11.3 Å². The molecule has 0 saturated carbocycles. The van der Waals surface area contributed by atoms with Crippen molar-refractivity contribution in [1.29, 1.82) is 0 Å². The van der Waals surface area contributed by atoms with Crippen LogP contribution in [0.15, 0.2) is 9.98 Å². The third kappa shape index (κ3) is 4.06. The maximum absolute atomic E-state index is 11.2. The summed E-state index contributed by atoms with van der Waals surface area (Å²) in [7, 11) is 0. The monoisotopic (exact) mass is 277 g/mol. The van der Waals surface area contributed by atoms with Gasteiger partial charge in [-0.05, 0) is 22.4 Å². The number of rotatable bonds is 4. The first-order valence-electron chi connectivity index (χ1n) is 4.38. The lowest BCUT2D eigenvalue weighted by molar-refractivity contribution is 0.252. The Bertz CT molecular complexity index is 303. The van der Waals surface area contributed by atoms with E-state index in [1.54, 1.807) is 6.20 Å². The first kappa shape index (κ1) is 11.5. The van der Waals surface area contributed by atoms with Crippen molar-refractivity contribution in [2.24, 2.45) is 0 Å². The molecule has 0 unspecified atom stereocenters. The number of halogens is 1. The Hall–Kier alpha value is -0.620. The summed E-state index contributed by atoms with van der Waals surface area (Å²) in [6.45, 7) is 2.78. The van der Waals surface area contributed by atoms with E-state index < -0.39 is 0 Å². The molecule has 1 aromatic rings. The van der Waals surface area contributed by atoms with Gasteiger partial charge in [-0.25, -0.2) is 9.78 Å². The Labute approximate surface area is 95.2 Å². The van der Waals surface area contributed by atoms with Gasteiger partial charge in [0, 0.05) is 6.54 Å². The smallest absolute Gasteiger partial charge is 0.321 e. The van der Waals surface area contributed by atoms with E-state index in [-0.39, 0.29) is 6.03 Å². The van der Waals surface area contributed by atoms with E-state index in [0.29, 0.717) is 11.7 Å². The zero-order valence-electron chi connectivity index (χ0n) is 7.84. The minimum absolute atomic E-state index is 0.194. The highest BCUT2D eigenvalue weighted by molar-refractivity contribution is 9.11. The molecule has 0 fully saturated rings. The van der Waals surface area contributed by atoms with Gasteiger partial charge in [0.1, 0.15) is 0 Å². The Morgan fingerprint density at radius 2 is 2.50 bits per heavy atom. The summed E-state index contributed by atoms with van der Waals surface area (Å²) in [4.78, 5) is 15.2. The van der Waals surface area contributed by atoms with Crippen LogP contribution >= 0.6 is 27.3 Å². The summed E-state index contributed by atoms with van der Waals surface area (Å²) >= 11 is 4.66. The van der Waals surface area contributed by atoms with Crippen molar-refractivity contribution in [1.82, 2.24) is 10.3 Å². The second-order valence-corrected chi connectivity index (χ2v) is 5.11. The van der Waals surface area contributed by atoms with Crippen LogP contribution in [0, 0.1) is 0 Å². The lowest BCUT2D eigenvalue weighted by atomic mass is 10.3. The van der Waals surface area contributed by atoms with Gasteiger partial charge in [-0.3, -0.25) is 5.32 Å². The molecule has 0 aliphatic carbocycles. The predicted molar refractivity (Wildman–Crippen MR) is 61.7 cm³/mol. The molecule has 2 N–H and O–H groups in total. The molecule has 4 nitrogen and oxygen atoms in total. The highest BCUT2D eigenvalue weighted by Crippen LogP contribution is 2.22. The number of carbonyl (C=O) groups is 1. The van der Waals surface area contributed by atoms with Gasteiger partial charge in [0.2, 0.25) is 0 Å². The Balaban J connectivity index is 2.27. The highest BCUT2D eigenvalue weighted by Gasteiger charge is 2.03. The Morgan fingerprint density at radius 1 is 1.71 bits per heavy atom. The molecule has 0 radical (unpaired) electrons. The van der Waals surface area contributed by atoms with Gasteiger partial charge < -0.3 is 5.32 Å². The summed E-state index contributed by atoms with van der Waals surface area (Å²) in [5, 5.41) is 5.99. The first-order chi connectivity index (χ1) is 6.72. The largest absolute Gasteiger partial charge is 0.338 e. The molecular formula is C8H12BrN3OS. The van der Waals surface area contributed by atoms with Crippen LogP contribution < -0.4 is 10.6 Å². The van der Waals surface area contributed by atoms with Crippen LogP contribution in [0.2, 0.25) is 0 Å². The molecular weight excluding hydrogens is 266 g/mol. The number of nitrogens with one attached hydrogen (secondary N) is 2. The van der Waals surface area contributed by atoms with E-state index in [1.807, 2.05) is 0 Å². The molecule has 0 spiro atoms. The molecule has 1 aromatic heterocycles. The van der Waals surface area contributed by atoms with Gasteiger partial charge in [-0.15, -0.1) is 0 Å². The topological polar surface area (TPSA) is 54.0 Å². The van der Waals surface area contributed by atoms with E-state index in [0.717, 1.165) is 16.6 Å². The van der Waals surface area contributed by atoms with Crippen molar-refractivity contribution in [3.8, 4) is 0 Å². The van der Waals surface area contributed by atoms with Crippen LogP contribution in [-0.2, 0) is 0 Å². The molecule has 0 aromatic carbocycles. The van der Waals surface area contributed by atoms with Crippen molar-refractivity contribution in [2.75, 3.05) is 11.9 Å². The van der Waals surface area contributed by atoms with Gasteiger partial charge in [-0.1, -0.05) is 24.7 Å². The van der Waals surface area contributed by atoms with Gasteiger partial charge in [0.15, 0.2) is 5.13 Å². The molecule has 14 heavy (non-hydrogen) atoms. The number of thiazole rings is 1. The van der Waals surface area contributed by atoms with Gasteiger partial charge in [0.25, 0.3) is 0 Å². The number of unbranched alkanes of at least 4 members (excludes halogenated alkanes) is 1. The maximum Gasteiger partial charge on any atom is 0.321 e. The number of carbonyl (C=O) groups excluding carboxylic acids is 1. The lowest BCUT2D eigenvalue weighted by Crippen LogP contribution is -2.29. The molecule has 0 saturated heterocycles. The van der Waals surface area contributed by atoms with Crippen LogP contribution in [0.3, 0.4) is 0 Å². The number of hydrogen-bond acceptors (Lipinski definition) is 3. The Morgan fingerprint density at radius 3 is 3.07 bits per heavy atom. The van der Waals surface area contributed by atoms with Crippen molar-refractivity contribution < 1.29 is 4.79 Å². The number of amides is 2. The minimum Gasteiger partial charge on any atom is -0.338 e. The van der Waals surface area contributed by atoms with Crippen LogP contribution in [0.25, 0.3) is 0 Å². The lowest BCUT2D eigenvalue weighted by Gasteiger charge is -2.03. The second-order valence-electron chi connectivity index (χ2n) is 2.70. The zero-order valence-corrected chi connectivity index (χ0v) is 10.2. The fraction of sp³-hybridized carbons (Fsp3) is 0.500. The van der Waals surface area contributed by atoms with Crippen LogP contribution in [0.4, 0.5) is 9.93 Å². The van der Waals surface area contributed by atoms with E-state index in [2.05, 4.69) is 38.5 Å². The fourth-order valence-electron chi connectivity index (χ4n) is 0.832. The molecule has 0 atom stereocenters. The molecule has 0 aliphatic heterocycles. The standard InChI is InChI=1S/C8H12BrN3OS/c1-2-3-4-10-7(13)12-8-11-5-6(9)14-8/h5H,2-4H2,1H3,(H2,10,11,12,13). The molecule has 1 heterocycles. The average molecular weight is 278 g/mol. The minimum atomic E-state index is -0.194. The summed E-state index contributed by atoms with van der Waals surface area (Å²) < 4.78 is 0.904. The summed E-state index contributed by atoms with van der Waals surface area (Å²) in [6.07, 6.45) is 3.73. The molecule has 78 valence electrons. The van der Waals surface area contributed by atoms with Crippen molar-refractivity contribution >= 4 is 38.4 Å². The maximum atomic E-state index is 11.2. The zero-order chi connectivity index (χ0) is 10.4. The Kier molecular flexibility index (Phi) is 4.89. The molecule has 0 bridgehead atoms. The number of hydrogen-bond donors (Lipinski definition) is 2. The van der Waals surface area contributed by atoms with Gasteiger partial charge in [-0.2, -0.15) is 0 Å². The third-order valence-corrected chi connectivity index (χ3v) is 2.91. The van der Waals surface area contributed by atoms with Crippen molar-refractivity contribution in [3.05, 3.63) is 9.98 Å². The predicted octanol–water partition coefficient (Wildman–Crippen LogP) is 2.83. The quantitative estimate of drug-likeness (QED) is 0.832. The number of urea groups is 1. The summed E-state index contributed by atoms with van der Waals surface area (Å²) in [6, 6.07) is -0.194. The molecule has 6 heteroatoms. The number of aromatic nitrogens is 1. The second kappa shape index (κ2) is 5.98. The van der Waals surface area contributed by atoms with Gasteiger partial charge in [0.05, 0.1) is 9.98 Å². The first-order valence-corrected chi connectivity index (χ1v) is 5.99. The van der Waals surface area contributed by atoms with E-state index in [9.17, 15) is 4.79 Å². The summed E-state index contributed by atoms with van der Waals surface area (Å²) in [5.74, 6) is 0. The van der Waals surface area contributed by atoms with Crippen LogP contribution in [0.5, 0.6) is 0 Å². The molecule has 2 amide bonds. The molecule has 0 aliphatic rings. The number of anilines is 1. The molecule has 1 rings (SSSR count). The van der Waals surface area contributed by atoms with Crippen LogP contribution in [-0.4, -0.2) is 17.6 Å². The SMILES string of the molecule is CCCCNC(=O)Nc1ncc(Br)s1. The van der Waals surface area contributed by atoms with Crippen LogP contribution in [0.1, 0.15) is 19.8 Å². The highest BCUT2D eigenvalue weighted by atomic mass is 79.9. The van der Waals surface area contributed by atoms with Gasteiger partial charge >= 0.3 is 6.03 Å². The fourth-order valence-corrected chi connectivity index (χ4v) is 1.93. The third-order valence-electron chi connectivity index (χ3n) is 1.51. The summed E-state index contributed by atoms with van der Waals surface area (Å²) in [5.41, 5.74) is 0. The normalized spacial score (nSPS) is 9.86. The van der Waals surface area contributed by atoms with E-state index in [4.69, 9.17) is 0 Å².